The van der Waals surface area contributed by atoms with Gasteiger partial charge in [-0.2, -0.15) is 0 Å². The van der Waals surface area contributed by atoms with Crippen molar-refractivity contribution < 1.29 is 0 Å². The Hall–Kier alpha value is -0.470. The Balaban J connectivity index is 1.71. The third-order valence-electron chi connectivity index (χ3n) is 4.82. The molecule has 0 saturated heterocycles. The highest BCUT2D eigenvalue weighted by molar-refractivity contribution is 7.97. The van der Waals surface area contributed by atoms with Crippen LogP contribution in [0.1, 0.15) is 64.2 Å². The minimum atomic E-state index is 0.817. The van der Waals surface area contributed by atoms with E-state index in [0.717, 1.165) is 12.1 Å². The summed E-state index contributed by atoms with van der Waals surface area (Å²) in [6, 6.07) is 12.6. The normalized spacial score (nSPS) is 22.2. The van der Waals surface area contributed by atoms with Crippen LogP contribution in [0.15, 0.2) is 35.2 Å². The van der Waals surface area contributed by atoms with Crippen LogP contribution in [-0.2, 0) is 0 Å². The molecule has 0 bridgehead atoms. The fourth-order valence-corrected chi connectivity index (χ4v) is 4.96. The molecule has 0 unspecified atom stereocenters. The van der Waals surface area contributed by atoms with Crippen molar-refractivity contribution in [2.45, 2.75) is 81.2 Å². The van der Waals surface area contributed by atoms with Crippen molar-refractivity contribution in [2.24, 2.45) is 0 Å². The van der Waals surface area contributed by atoms with Crippen molar-refractivity contribution >= 4 is 11.9 Å². The van der Waals surface area contributed by atoms with Crippen LogP contribution in [0.2, 0.25) is 0 Å². The van der Waals surface area contributed by atoms with E-state index in [9.17, 15) is 0 Å². The third kappa shape index (κ3) is 3.79. The largest absolute Gasteiger partial charge is 0.240 e. The molecule has 110 valence electrons. The van der Waals surface area contributed by atoms with Gasteiger partial charge in [-0.1, -0.05) is 56.7 Å². The molecule has 1 aromatic rings. The van der Waals surface area contributed by atoms with Crippen LogP contribution >= 0.6 is 11.9 Å². The number of hydrogen-bond acceptors (Lipinski definition) is 2. The zero-order valence-electron chi connectivity index (χ0n) is 12.5. The Labute approximate surface area is 128 Å². The van der Waals surface area contributed by atoms with Crippen molar-refractivity contribution in [3.63, 3.8) is 0 Å². The Morgan fingerprint density at radius 2 is 1.20 bits per heavy atom. The molecular formula is C18H27NS. The predicted octanol–water partition coefficient (Wildman–Crippen LogP) is 5.66. The quantitative estimate of drug-likeness (QED) is 0.658. The molecule has 2 fully saturated rings. The fourth-order valence-electron chi connectivity index (χ4n) is 3.72. The number of nitrogens with zero attached hydrogens (tertiary/aromatic N) is 1. The van der Waals surface area contributed by atoms with Gasteiger partial charge in [0, 0.05) is 17.0 Å². The maximum absolute atomic E-state index is 2.80. The van der Waals surface area contributed by atoms with Crippen LogP contribution in [0.3, 0.4) is 0 Å². The van der Waals surface area contributed by atoms with Gasteiger partial charge in [-0.3, -0.25) is 0 Å². The van der Waals surface area contributed by atoms with Gasteiger partial charge in [0.25, 0.3) is 0 Å². The van der Waals surface area contributed by atoms with Gasteiger partial charge in [0.1, 0.15) is 0 Å². The summed E-state index contributed by atoms with van der Waals surface area (Å²) < 4.78 is 2.80. The second kappa shape index (κ2) is 7.51. The first-order valence-corrected chi connectivity index (χ1v) is 9.22. The standard InChI is InChI=1S/C18H27NS/c1-4-10-16(11-5-1)19(17-12-6-2-7-13-17)20-18-14-8-3-9-15-18/h3,8-9,14-17H,1-2,4-7,10-13H2. The molecule has 20 heavy (non-hydrogen) atoms. The summed E-state index contributed by atoms with van der Waals surface area (Å²) in [5, 5.41) is 0. The van der Waals surface area contributed by atoms with E-state index in [1.54, 1.807) is 0 Å². The van der Waals surface area contributed by atoms with Gasteiger partial charge in [-0.05, 0) is 49.8 Å². The summed E-state index contributed by atoms with van der Waals surface area (Å²) in [6.07, 6.45) is 14.3. The summed E-state index contributed by atoms with van der Waals surface area (Å²) in [6.45, 7) is 0. The first-order valence-electron chi connectivity index (χ1n) is 8.45. The average Bonchev–Trinajstić information content (AvgIpc) is 2.55. The van der Waals surface area contributed by atoms with E-state index in [2.05, 4.69) is 34.6 Å². The third-order valence-corrected chi connectivity index (χ3v) is 6.11. The molecule has 1 aromatic carbocycles. The minimum Gasteiger partial charge on any atom is -0.240 e. The predicted molar refractivity (Wildman–Crippen MR) is 87.9 cm³/mol. The summed E-state index contributed by atoms with van der Waals surface area (Å²) >= 11 is 2.04. The molecule has 0 amide bonds. The average molecular weight is 289 g/mol. The van der Waals surface area contributed by atoms with Gasteiger partial charge in [-0.15, -0.1) is 0 Å². The van der Waals surface area contributed by atoms with E-state index in [1.165, 1.54) is 69.1 Å². The Bertz CT molecular complexity index is 362. The molecule has 2 aliphatic carbocycles. The zero-order chi connectivity index (χ0) is 13.6. The van der Waals surface area contributed by atoms with Crippen LogP contribution in [0.25, 0.3) is 0 Å². The molecule has 0 spiro atoms. The molecule has 2 saturated carbocycles. The van der Waals surface area contributed by atoms with Gasteiger partial charge in [0.15, 0.2) is 0 Å². The molecule has 3 rings (SSSR count). The van der Waals surface area contributed by atoms with Crippen LogP contribution in [0.5, 0.6) is 0 Å². The topological polar surface area (TPSA) is 3.24 Å². The van der Waals surface area contributed by atoms with Crippen molar-refractivity contribution in [2.75, 3.05) is 0 Å². The summed E-state index contributed by atoms with van der Waals surface area (Å²) in [5.41, 5.74) is 0. The first kappa shape index (κ1) is 14.5. The maximum atomic E-state index is 2.80. The van der Waals surface area contributed by atoms with E-state index in [1.807, 2.05) is 11.9 Å². The smallest absolute Gasteiger partial charge is 0.0230 e. The second-order valence-corrected chi connectivity index (χ2v) is 7.42. The molecule has 0 atom stereocenters. The Kier molecular flexibility index (Phi) is 5.43. The Morgan fingerprint density at radius 3 is 1.70 bits per heavy atom. The van der Waals surface area contributed by atoms with Crippen molar-refractivity contribution in [1.29, 1.82) is 0 Å². The summed E-state index contributed by atoms with van der Waals surface area (Å²) in [7, 11) is 0. The van der Waals surface area contributed by atoms with Gasteiger partial charge in [0.2, 0.25) is 0 Å². The van der Waals surface area contributed by atoms with Gasteiger partial charge in [0.05, 0.1) is 0 Å². The molecule has 0 aliphatic heterocycles. The van der Waals surface area contributed by atoms with Crippen molar-refractivity contribution in [1.82, 2.24) is 4.31 Å². The van der Waals surface area contributed by atoms with Crippen LogP contribution in [0.4, 0.5) is 0 Å². The highest BCUT2D eigenvalue weighted by Gasteiger charge is 2.29. The lowest BCUT2D eigenvalue weighted by atomic mass is 9.91. The highest BCUT2D eigenvalue weighted by Crippen LogP contribution is 2.37. The number of hydrogen-bond donors (Lipinski definition) is 0. The zero-order valence-corrected chi connectivity index (χ0v) is 13.3. The van der Waals surface area contributed by atoms with E-state index in [4.69, 9.17) is 0 Å². The van der Waals surface area contributed by atoms with Gasteiger partial charge in [-0.25, -0.2) is 4.31 Å². The van der Waals surface area contributed by atoms with Crippen LogP contribution in [-0.4, -0.2) is 16.4 Å². The number of benzene rings is 1. The number of rotatable bonds is 4. The lowest BCUT2D eigenvalue weighted by Crippen LogP contribution is -2.40. The molecule has 0 aromatic heterocycles. The summed E-state index contributed by atoms with van der Waals surface area (Å²) in [4.78, 5) is 1.42. The van der Waals surface area contributed by atoms with Gasteiger partial charge >= 0.3 is 0 Å². The fraction of sp³-hybridized carbons (Fsp3) is 0.667. The van der Waals surface area contributed by atoms with E-state index >= 15 is 0 Å². The highest BCUT2D eigenvalue weighted by atomic mass is 32.2. The molecule has 2 heteroatoms. The SMILES string of the molecule is c1ccc(SN(C2CCCCC2)C2CCCCC2)cc1. The maximum Gasteiger partial charge on any atom is 0.0230 e. The molecule has 1 nitrogen and oxygen atoms in total. The second-order valence-electron chi connectivity index (χ2n) is 6.35. The van der Waals surface area contributed by atoms with Crippen LogP contribution < -0.4 is 0 Å². The van der Waals surface area contributed by atoms with Gasteiger partial charge < -0.3 is 0 Å². The van der Waals surface area contributed by atoms with E-state index in [0.29, 0.717) is 0 Å². The monoisotopic (exact) mass is 289 g/mol. The lowest BCUT2D eigenvalue weighted by Gasteiger charge is -2.40. The minimum absolute atomic E-state index is 0.817. The van der Waals surface area contributed by atoms with Crippen molar-refractivity contribution in [3.05, 3.63) is 30.3 Å². The summed E-state index contributed by atoms with van der Waals surface area (Å²) in [5.74, 6) is 0. The molecule has 0 heterocycles. The molecule has 2 aliphatic rings. The van der Waals surface area contributed by atoms with E-state index in [-0.39, 0.29) is 0 Å². The first-order chi connectivity index (χ1) is 9.93. The van der Waals surface area contributed by atoms with Crippen LogP contribution in [0, 0.1) is 0 Å². The Morgan fingerprint density at radius 1 is 0.700 bits per heavy atom. The molecule has 0 radical (unpaired) electrons. The van der Waals surface area contributed by atoms with Crippen molar-refractivity contribution in [3.8, 4) is 0 Å². The molecule has 0 N–H and O–H groups in total. The lowest BCUT2D eigenvalue weighted by molar-refractivity contribution is 0.185. The van der Waals surface area contributed by atoms with E-state index < -0.39 is 0 Å². The molecular weight excluding hydrogens is 262 g/mol.